The van der Waals surface area contributed by atoms with Crippen LogP contribution in [0.4, 0.5) is 5.69 Å². The number of nitrogens with one attached hydrogen (secondary N) is 1. The smallest absolute Gasteiger partial charge is 0.118 e. The number of hydrogen-bond donors (Lipinski definition) is 1. The summed E-state index contributed by atoms with van der Waals surface area (Å²) >= 11 is 5.91. The van der Waals surface area contributed by atoms with Crippen molar-refractivity contribution in [3.63, 3.8) is 0 Å². The lowest BCUT2D eigenvalue weighted by Gasteiger charge is -2.04. The van der Waals surface area contributed by atoms with E-state index in [1.54, 1.807) is 7.11 Å². The molecule has 0 fully saturated rings. The lowest BCUT2D eigenvalue weighted by Crippen LogP contribution is -2.04. The minimum Gasteiger partial charge on any atom is -0.497 e. The fraction of sp³-hybridized carbons (Fsp3) is 0.188. The predicted molar refractivity (Wildman–Crippen MR) is 85.4 cm³/mol. The van der Waals surface area contributed by atoms with E-state index in [1.165, 1.54) is 0 Å². The Bertz CT molecular complexity index is 567. The number of methoxy groups -OCH3 is 1. The molecule has 2 rings (SSSR count). The molecule has 0 atom stereocenters. The summed E-state index contributed by atoms with van der Waals surface area (Å²) < 4.78 is 5.11. The van der Waals surface area contributed by atoms with Gasteiger partial charge in [-0.2, -0.15) is 0 Å². The summed E-state index contributed by atoms with van der Waals surface area (Å²) in [6.45, 7) is 1.48. The number of nitrogens with zero attached hydrogens (tertiary/aromatic N) is 1. The lowest BCUT2D eigenvalue weighted by molar-refractivity contribution is 0.415. The van der Waals surface area contributed by atoms with Crippen LogP contribution in [0.2, 0.25) is 5.02 Å². The first-order chi connectivity index (χ1) is 9.78. The van der Waals surface area contributed by atoms with Gasteiger partial charge in [-0.1, -0.05) is 17.7 Å². The van der Waals surface area contributed by atoms with Gasteiger partial charge in [0.2, 0.25) is 0 Å². The van der Waals surface area contributed by atoms with Crippen molar-refractivity contribution in [2.75, 3.05) is 25.5 Å². The van der Waals surface area contributed by atoms with E-state index in [0.29, 0.717) is 6.54 Å². The number of hydrogen-bond acceptors (Lipinski definition) is 3. The van der Waals surface area contributed by atoms with E-state index < -0.39 is 0 Å². The van der Waals surface area contributed by atoms with Gasteiger partial charge in [-0.25, -0.2) is 0 Å². The molecule has 20 heavy (non-hydrogen) atoms. The third kappa shape index (κ3) is 4.59. The fourth-order valence-corrected chi connectivity index (χ4v) is 1.91. The molecule has 0 aliphatic rings. The summed E-state index contributed by atoms with van der Waals surface area (Å²) in [5, 5.41) is 4.00. The van der Waals surface area contributed by atoms with Crippen LogP contribution in [-0.4, -0.2) is 26.4 Å². The maximum Gasteiger partial charge on any atom is 0.118 e. The van der Waals surface area contributed by atoms with Gasteiger partial charge in [0, 0.05) is 23.5 Å². The van der Waals surface area contributed by atoms with Crippen molar-refractivity contribution in [3.05, 3.63) is 59.1 Å². The van der Waals surface area contributed by atoms with Crippen LogP contribution in [0.25, 0.3) is 0 Å². The van der Waals surface area contributed by atoms with Crippen molar-refractivity contribution in [2.45, 2.75) is 0 Å². The van der Waals surface area contributed by atoms with Gasteiger partial charge < -0.3 is 10.1 Å². The SMILES string of the molecule is COc1ccc(C=NCCNc2cccc(Cl)c2)cc1. The molecular weight excluding hydrogens is 272 g/mol. The summed E-state index contributed by atoms with van der Waals surface area (Å²) in [6.07, 6.45) is 1.86. The number of rotatable bonds is 6. The average Bonchev–Trinajstić information content (AvgIpc) is 2.48. The quantitative estimate of drug-likeness (QED) is 0.646. The molecule has 0 radical (unpaired) electrons. The first-order valence-corrected chi connectivity index (χ1v) is 6.79. The maximum absolute atomic E-state index is 5.91. The maximum atomic E-state index is 5.91. The highest BCUT2D eigenvalue weighted by Gasteiger charge is 1.93. The zero-order valence-electron chi connectivity index (χ0n) is 11.3. The topological polar surface area (TPSA) is 33.6 Å². The summed E-state index contributed by atoms with van der Waals surface area (Å²) in [5.74, 6) is 0.852. The van der Waals surface area contributed by atoms with Crippen LogP contribution < -0.4 is 10.1 Å². The van der Waals surface area contributed by atoms with Crippen molar-refractivity contribution in [1.29, 1.82) is 0 Å². The molecule has 3 nitrogen and oxygen atoms in total. The molecule has 0 spiro atoms. The van der Waals surface area contributed by atoms with E-state index in [0.717, 1.165) is 28.6 Å². The molecule has 2 aromatic rings. The van der Waals surface area contributed by atoms with Gasteiger partial charge in [-0.05, 0) is 48.0 Å². The Morgan fingerprint density at radius 2 is 2.00 bits per heavy atom. The Balaban J connectivity index is 1.76. The Morgan fingerprint density at radius 1 is 1.20 bits per heavy atom. The van der Waals surface area contributed by atoms with Gasteiger partial charge in [-0.15, -0.1) is 0 Å². The van der Waals surface area contributed by atoms with Crippen LogP contribution in [0.3, 0.4) is 0 Å². The second-order valence-corrected chi connectivity index (χ2v) is 4.68. The monoisotopic (exact) mass is 288 g/mol. The van der Waals surface area contributed by atoms with E-state index in [-0.39, 0.29) is 0 Å². The first kappa shape index (κ1) is 14.4. The molecule has 0 bridgehead atoms. The Kier molecular flexibility index (Phi) is 5.44. The zero-order valence-corrected chi connectivity index (χ0v) is 12.1. The molecule has 0 heterocycles. The number of ether oxygens (including phenoxy) is 1. The standard InChI is InChI=1S/C16H17ClN2O/c1-20-16-7-5-13(6-8-16)12-18-9-10-19-15-4-2-3-14(17)11-15/h2-8,11-12,19H,9-10H2,1H3. The van der Waals surface area contributed by atoms with E-state index in [4.69, 9.17) is 16.3 Å². The van der Waals surface area contributed by atoms with Gasteiger partial charge in [0.05, 0.1) is 13.7 Å². The van der Waals surface area contributed by atoms with E-state index in [9.17, 15) is 0 Å². The average molecular weight is 289 g/mol. The van der Waals surface area contributed by atoms with Gasteiger partial charge in [0.25, 0.3) is 0 Å². The molecular formula is C16H17ClN2O. The molecule has 0 aliphatic heterocycles. The minimum atomic E-state index is 0.707. The van der Waals surface area contributed by atoms with Crippen LogP contribution in [-0.2, 0) is 0 Å². The number of anilines is 1. The molecule has 0 aromatic heterocycles. The van der Waals surface area contributed by atoms with Crippen LogP contribution in [0, 0.1) is 0 Å². The summed E-state index contributed by atoms with van der Waals surface area (Å²) in [6, 6.07) is 15.5. The number of aliphatic imine (C=N–C) groups is 1. The number of benzene rings is 2. The Labute approximate surface area is 124 Å². The molecule has 0 saturated heterocycles. The zero-order chi connectivity index (χ0) is 14.2. The second kappa shape index (κ2) is 7.56. The Morgan fingerprint density at radius 3 is 2.70 bits per heavy atom. The van der Waals surface area contributed by atoms with E-state index >= 15 is 0 Å². The highest BCUT2D eigenvalue weighted by Crippen LogP contribution is 2.14. The molecule has 0 aliphatic carbocycles. The summed E-state index contributed by atoms with van der Waals surface area (Å²) in [5.41, 5.74) is 2.07. The highest BCUT2D eigenvalue weighted by molar-refractivity contribution is 6.30. The normalized spacial score (nSPS) is 10.7. The molecule has 0 unspecified atom stereocenters. The summed E-state index contributed by atoms with van der Waals surface area (Å²) in [4.78, 5) is 4.37. The highest BCUT2D eigenvalue weighted by atomic mass is 35.5. The van der Waals surface area contributed by atoms with Crippen LogP contribution in [0.5, 0.6) is 5.75 Å². The van der Waals surface area contributed by atoms with Gasteiger partial charge in [-0.3, -0.25) is 4.99 Å². The molecule has 0 amide bonds. The third-order valence-corrected chi connectivity index (χ3v) is 2.99. The molecule has 104 valence electrons. The fourth-order valence-electron chi connectivity index (χ4n) is 1.72. The van der Waals surface area contributed by atoms with E-state index in [2.05, 4.69) is 10.3 Å². The van der Waals surface area contributed by atoms with Crippen molar-refractivity contribution in [3.8, 4) is 5.75 Å². The van der Waals surface area contributed by atoms with E-state index in [1.807, 2.05) is 54.7 Å². The van der Waals surface area contributed by atoms with Crippen LogP contribution in [0.15, 0.2) is 53.5 Å². The molecule has 4 heteroatoms. The van der Waals surface area contributed by atoms with Gasteiger partial charge >= 0.3 is 0 Å². The van der Waals surface area contributed by atoms with Crippen molar-refractivity contribution in [1.82, 2.24) is 0 Å². The second-order valence-electron chi connectivity index (χ2n) is 4.25. The Hall–Kier alpha value is -2.00. The van der Waals surface area contributed by atoms with Gasteiger partial charge in [0.1, 0.15) is 5.75 Å². The minimum absolute atomic E-state index is 0.707. The summed E-state index contributed by atoms with van der Waals surface area (Å²) in [7, 11) is 1.66. The van der Waals surface area contributed by atoms with Gasteiger partial charge in [0.15, 0.2) is 0 Å². The predicted octanol–water partition coefficient (Wildman–Crippen LogP) is 3.88. The van der Waals surface area contributed by atoms with Crippen molar-refractivity contribution >= 4 is 23.5 Å². The molecule has 1 N–H and O–H groups in total. The largest absolute Gasteiger partial charge is 0.497 e. The van der Waals surface area contributed by atoms with Crippen LogP contribution in [0.1, 0.15) is 5.56 Å². The van der Waals surface area contributed by atoms with Crippen molar-refractivity contribution < 1.29 is 4.74 Å². The third-order valence-electron chi connectivity index (χ3n) is 2.75. The van der Waals surface area contributed by atoms with Crippen molar-refractivity contribution in [2.24, 2.45) is 4.99 Å². The molecule has 0 saturated carbocycles. The lowest BCUT2D eigenvalue weighted by atomic mass is 10.2. The first-order valence-electron chi connectivity index (χ1n) is 6.41. The number of halogens is 1. The molecule has 2 aromatic carbocycles. The van der Waals surface area contributed by atoms with Crippen LogP contribution >= 0.6 is 11.6 Å².